The second-order valence-corrected chi connectivity index (χ2v) is 3.54. The van der Waals surface area contributed by atoms with Gasteiger partial charge in [0, 0.05) is 12.0 Å². The van der Waals surface area contributed by atoms with Crippen LogP contribution in [0, 0.1) is 4.91 Å². The maximum Gasteiger partial charge on any atom is 0.149 e. The lowest BCUT2D eigenvalue weighted by molar-refractivity contribution is 0.471. The minimum Gasteiger partial charge on any atom is -0.505 e. The van der Waals surface area contributed by atoms with Gasteiger partial charge in [0.15, 0.2) is 0 Å². The third kappa shape index (κ3) is 2.08. The molecular weight excluding hydrogens is 202 g/mol. The van der Waals surface area contributed by atoms with Crippen LogP contribution in [0.2, 0.25) is 0 Å². The van der Waals surface area contributed by atoms with Gasteiger partial charge < -0.3 is 5.11 Å². The monoisotopic (exact) mass is 213 g/mol. The summed E-state index contributed by atoms with van der Waals surface area (Å²) in [6, 6.07) is 14.8. The molecule has 2 aromatic carbocycles. The molecular formula is C13H11NO2. The van der Waals surface area contributed by atoms with E-state index in [4.69, 9.17) is 0 Å². The van der Waals surface area contributed by atoms with Gasteiger partial charge in [0.2, 0.25) is 0 Å². The Labute approximate surface area is 93.3 Å². The highest BCUT2D eigenvalue weighted by molar-refractivity contribution is 5.55. The Bertz CT molecular complexity index is 495. The molecule has 0 unspecified atom stereocenters. The molecule has 0 fully saturated rings. The van der Waals surface area contributed by atoms with Crippen molar-refractivity contribution in [3.05, 3.63) is 64.6 Å². The van der Waals surface area contributed by atoms with Crippen LogP contribution in [0.5, 0.6) is 5.75 Å². The van der Waals surface area contributed by atoms with Crippen molar-refractivity contribution in [2.75, 3.05) is 0 Å². The van der Waals surface area contributed by atoms with Gasteiger partial charge in [0.25, 0.3) is 0 Å². The van der Waals surface area contributed by atoms with E-state index in [1.54, 1.807) is 12.1 Å². The van der Waals surface area contributed by atoms with E-state index < -0.39 is 0 Å². The van der Waals surface area contributed by atoms with Crippen LogP contribution < -0.4 is 0 Å². The molecule has 2 rings (SSSR count). The fourth-order valence-electron chi connectivity index (χ4n) is 1.61. The van der Waals surface area contributed by atoms with Crippen molar-refractivity contribution in [2.24, 2.45) is 5.18 Å². The number of hydrogen-bond donors (Lipinski definition) is 1. The lowest BCUT2D eigenvalue weighted by Gasteiger charge is -2.05. The van der Waals surface area contributed by atoms with Crippen LogP contribution in [-0.2, 0) is 6.42 Å². The van der Waals surface area contributed by atoms with E-state index in [9.17, 15) is 10.0 Å². The van der Waals surface area contributed by atoms with Crippen LogP contribution in [-0.4, -0.2) is 5.11 Å². The highest BCUT2D eigenvalue weighted by Crippen LogP contribution is 2.31. The summed E-state index contributed by atoms with van der Waals surface area (Å²) in [5.74, 6) is -0.0265. The Hall–Kier alpha value is -2.16. The fourth-order valence-corrected chi connectivity index (χ4v) is 1.61. The topological polar surface area (TPSA) is 49.7 Å². The van der Waals surface area contributed by atoms with E-state index in [0.29, 0.717) is 12.0 Å². The zero-order chi connectivity index (χ0) is 11.4. The van der Waals surface area contributed by atoms with Crippen molar-refractivity contribution in [3.63, 3.8) is 0 Å². The molecule has 0 amide bonds. The molecule has 3 nitrogen and oxygen atoms in total. The summed E-state index contributed by atoms with van der Waals surface area (Å²) in [6.45, 7) is 0. The molecule has 0 saturated carbocycles. The lowest BCUT2D eigenvalue weighted by Crippen LogP contribution is -1.88. The molecule has 0 spiro atoms. The number of phenols is 1. The summed E-state index contributed by atoms with van der Waals surface area (Å²) in [6.07, 6.45) is 0.593. The Balaban J connectivity index is 2.32. The molecule has 0 heterocycles. The second-order valence-electron chi connectivity index (χ2n) is 3.54. The van der Waals surface area contributed by atoms with Gasteiger partial charge in [0.05, 0.1) is 0 Å². The number of rotatable bonds is 3. The van der Waals surface area contributed by atoms with Gasteiger partial charge >= 0.3 is 0 Å². The first kappa shape index (κ1) is 10.4. The molecule has 16 heavy (non-hydrogen) atoms. The van der Waals surface area contributed by atoms with Crippen molar-refractivity contribution < 1.29 is 5.11 Å². The highest BCUT2D eigenvalue weighted by atomic mass is 16.3. The zero-order valence-corrected chi connectivity index (χ0v) is 8.63. The van der Waals surface area contributed by atoms with Gasteiger partial charge in [-0.25, -0.2) is 0 Å². The first-order valence-corrected chi connectivity index (χ1v) is 4.99. The first-order valence-electron chi connectivity index (χ1n) is 4.99. The molecule has 0 aliphatic carbocycles. The Kier molecular flexibility index (Phi) is 2.96. The number of nitroso groups, excluding NO2 is 1. The summed E-state index contributed by atoms with van der Waals surface area (Å²) < 4.78 is 0. The van der Waals surface area contributed by atoms with Crippen LogP contribution in [0.4, 0.5) is 5.69 Å². The van der Waals surface area contributed by atoms with E-state index in [1.165, 1.54) is 6.07 Å². The van der Waals surface area contributed by atoms with Gasteiger partial charge in [-0.2, -0.15) is 0 Å². The molecule has 0 bridgehead atoms. The predicted octanol–water partition coefficient (Wildman–Crippen LogP) is 3.38. The van der Waals surface area contributed by atoms with Crippen molar-refractivity contribution in [2.45, 2.75) is 6.42 Å². The number of aromatic hydroxyl groups is 1. The minimum absolute atomic E-state index is 0.0265. The smallest absolute Gasteiger partial charge is 0.149 e. The van der Waals surface area contributed by atoms with Crippen molar-refractivity contribution in [1.82, 2.24) is 0 Å². The first-order chi connectivity index (χ1) is 7.81. The molecule has 0 saturated heterocycles. The summed E-state index contributed by atoms with van der Waals surface area (Å²) >= 11 is 0. The summed E-state index contributed by atoms with van der Waals surface area (Å²) in [7, 11) is 0. The summed E-state index contributed by atoms with van der Waals surface area (Å²) in [5, 5.41) is 12.5. The molecule has 0 radical (unpaired) electrons. The Morgan fingerprint density at radius 1 is 1.00 bits per heavy atom. The number of nitrogens with zero attached hydrogens (tertiary/aromatic N) is 1. The molecule has 3 heteroatoms. The maximum atomic E-state index is 10.4. The largest absolute Gasteiger partial charge is 0.505 e. The van der Waals surface area contributed by atoms with Crippen LogP contribution in [0.15, 0.2) is 53.7 Å². The third-order valence-corrected chi connectivity index (χ3v) is 2.43. The molecule has 1 N–H and O–H groups in total. The van der Waals surface area contributed by atoms with E-state index >= 15 is 0 Å². The van der Waals surface area contributed by atoms with Crippen molar-refractivity contribution in [3.8, 4) is 5.75 Å². The fraction of sp³-hybridized carbons (Fsp3) is 0.0769. The normalized spacial score (nSPS) is 10.0. The standard InChI is InChI=1S/C13H11NO2/c15-13-11(7-4-8-12(13)14-16)9-10-5-2-1-3-6-10/h1-8,15H,9H2. The average molecular weight is 213 g/mol. The van der Waals surface area contributed by atoms with Crippen molar-refractivity contribution in [1.29, 1.82) is 0 Å². The van der Waals surface area contributed by atoms with Gasteiger partial charge in [0.1, 0.15) is 11.4 Å². The molecule has 0 aromatic heterocycles. The SMILES string of the molecule is O=Nc1cccc(Cc2ccccc2)c1O. The second kappa shape index (κ2) is 4.57. The molecule has 0 aliphatic heterocycles. The number of para-hydroxylation sites is 1. The van der Waals surface area contributed by atoms with E-state index in [0.717, 1.165) is 5.56 Å². The highest BCUT2D eigenvalue weighted by Gasteiger charge is 2.07. The Morgan fingerprint density at radius 3 is 2.44 bits per heavy atom. The van der Waals surface area contributed by atoms with Crippen LogP contribution in [0.25, 0.3) is 0 Å². The van der Waals surface area contributed by atoms with Crippen LogP contribution in [0.3, 0.4) is 0 Å². The maximum absolute atomic E-state index is 10.4. The number of phenolic OH excluding ortho intramolecular Hbond substituents is 1. The summed E-state index contributed by atoms with van der Waals surface area (Å²) in [5.41, 5.74) is 1.89. The van der Waals surface area contributed by atoms with Gasteiger partial charge in [-0.05, 0) is 16.8 Å². The van der Waals surface area contributed by atoms with Gasteiger partial charge in [-0.1, -0.05) is 42.5 Å². The number of hydrogen-bond acceptors (Lipinski definition) is 3. The Morgan fingerprint density at radius 2 is 1.75 bits per heavy atom. The van der Waals surface area contributed by atoms with Crippen LogP contribution >= 0.6 is 0 Å². The van der Waals surface area contributed by atoms with E-state index in [2.05, 4.69) is 5.18 Å². The van der Waals surface area contributed by atoms with E-state index in [-0.39, 0.29) is 11.4 Å². The molecule has 80 valence electrons. The lowest BCUT2D eigenvalue weighted by atomic mass is 10.0. The predicted molar refractivity (Wildman–Crippen MR) is 62.8 cm³/mol. The van der Waals surface area contributed by atoms with E-state index in [1.807, 2.05) is 30.3 Å². The number of benzene rings is 2. The quantitative estimate of drug-likeness (QED) is 0.794. The molecule has 2 aromatic rings. The third-order valence-electron chi connectivity index (χ3n) is 2.43. The molecule has 0 atom stereocenters. The average Bonchev–Trinajstić information content (AvgIpc) is 2.33. The van der Waals surface area contributed by atoms with Gasteiger partial charge in [-0.15, -0.1) is 4.91 Å². The zero-order valence-electron chi connectivity index (χ0n) is 8.63. The van der Waals surface area contributed by atoms with Crippen molar-refractivity contribution >= 4 is 5.69 Å². The van der Waals surface area contributed by atoms with Gasteiger partial charge in [-0.3, -0.25) is 0 Å². The minimum atomic E-state index is -0.0265. The molecule has 0 aliphatic rings. The van der Waals surface area contributed by atoms with Crippen LogP contribution in [0.1, 0.15) is 11.1 Å². The summed E-state index contributed by atoms with van der Waals surface area (Å²) in [4.78, 5) is 10.4.